The molecule has 0 heterocycles. The van der Waals surface area contributed by atoms with E-state index in [-0.39, 0.29) is 6.42 Å². The average Bonchev–Trinajstić information content (AvgIpc) is 2.13. The van der Waals surface area contributed by atoms with E-state index < -0.39 is 11.6 Å². The Morgan fingerprint density at radius 1 is 1.50 bits per heavy atom. The van der Waals surface area contributed by atoms with Crippen molar-refractivity contribution in [3.8, 4) is 5.75 Å². The fourth-order valence-electron chi connectivity index (χ4n) is 1.94. The predicted molar refractivity (Wildman–Crippen MR) is 63.6 cm³/mol. The minimum absolute atomic E-state index is 0.0829. The van der Waals surface area contributed by atoms with Gasteiger partial charge in [-0.2, -0.15) is 0 Å². The number of hydrogen-bond acceptors (Lipinski definition) is 2. The number of halogens is 1. The molecular weight excluding hydrogens is 272 g/mol. The van der Waals surface area contributed by atoms with Gasteiger partial charge in [0.1, 0.15) is 11.4 Å². The Hall–Kier alpha value is -1.03. The van der Waals surface area contributed by atoms with Crippen LogP contribution in [0.4, 0.5) is 0 Å². The third-order valence-corrected chi connectivity index (χ3v) is 3.36. The fraction of sp³-hybridized carbons (Fsp3) is 0.417. The maximum atomic E-state index is 10.8. The van der Waals surface area contributed by atoms with Crippen LogP contribution < -0.4 is 4.74 Å². The van der Waals surface area contributed by atoms with Crippen molar-refractivity contribution in [3.63, 3.8) is 0 Å². The van der Waals surface area contributed by atoms with Gasteiger partial charge in [0, 0.05) is 4.47 Å². The SMILES string of the molecule is O=C(O)CC1(Oc2cccc(Br)c2)CCC1. The Kier molecular flexibility index (Phi) is 3.19. The van der Waals surface area contributed by atoms with Crippen molar-refractivity contribution in [2.24, 2.45) is 0 Å². The quantitative estimate of drug-likeness (QED) is 0.923. The molecule has 86 valence electrons. The molecule has 16 heavy (non-hydrogen) atoms. The van der Waals surface area contributed by atoms with Gasteiger partial charge in [0.25, 0.3) is 0 Å². The van der Waals surface area contributed by atoms with E-state index in [0.29, 0.717) is 0 Å². The lowest BCUT2D eigenvalue weighted by molar-refractivity contribution is -0.144. The largest absolute Gasteiger partial charge is 0.487 e. The van der Waals surface area contributed by atoms with E-state index in [0.717, 1.165) is 29.5 Å². The lowest BCUT2D eigenvalue weighted by Gasteiger charge is -2.40. The van der Waals surface area contributed by atoms with Crippen LogP contribution in [0, 0.1) is 0 Å². The van der Waals surface area contributed by atoms with E-state index in [1.54, 1.807) is 0 Å². The second kappa shape index (κ2) is 4.45. The number of ether oxygens (including phenoxy) is 1. The molecule has 4 heteroatoms. The molecule has 1 aromatic rings. The van der Waals surface area contributed by atoms with E-state index in [4.69, 9.17) is 9.84 Å². The number of rotatable bonds is 4. The van der Waals surface area contributed by atoms with Crippen LogP contribution in [0.1, 0.15) is 25.7 Å². The standard InChI is InChI=1S/C12H13BrO3/c13-9-3-1-4-10(7-9)16-12(5-2-6-12)8-11(14)15/h1,3-4,7H,2,5-6,8H2,(H,14,15). The van der Waals surface area contributed by atoms with Crippen LogP contribution in [0.3, 0.4) is 0 Å². The summed E-state index contributed by atoms with van der Waals surface area (Å²) in [5.41, 5.74) is -0.480. The van der Waals surface area contributed by atoms with Crippen LogP contribution in [-0.4, -0.2) is 16.7 Å². The number of hydrogen-bond donors (Lipinski definition) is 1. The highest BCUT2D eigenvalue weighted by Crippen LogP contribution is 2.39. The van der Waals surface area contributed by atoms with Gasteiger partial charge in [-0.1, -0.05) is 22.0 Å². The van der Waals surface area contributed by atoms with Gasteiger partial charge in [0.15, 0.2) is 0 Å². The number of benzene rings is 1. The zero-order valence-electron chi connectivity index (χ0n) is 8.78. The minimum Gasteiger partial charge on any atom is -0.487 e. The van der Waals surface area contributed by atoms with E-state index in [1.807, 2.05) is 24.3 Å². The number of carboxylic acid groups (broad SMARTS) is 1. The lowest BCUT2D eigenvalue weighted by Crippen LogP contribution is -2.45. The Morgan fingerprint density at radius 3 is 2.75 bits per heavy atom. The molecular formula is C12H13BrO3. The second-order valence-electron chi connectivity index (χ2n) is 4.17. The van der Waals surface area contributed by atoms with Crippen molar-refractivity contribution < 1.29 is 14.6 Å². The summed E-state index contributed by atoms with van der Waals surface area (Å²) in [6.07, 6.45) is 2.78. The van der Waals surface area contributed by atoms with E-state index >= 15 is 0 Å². The highest BCUT2D eigenvalue weighted by atomic mass is 79.9. The first-order valence-electron chi connectivity index (χ1n) is 5.26. The molecule has 1 saturated carbocycles. The second-order valence-corrected chi connectivity index (χ2v) is 5.08. The maximum absolute atomic E-state index is 10.8. The molecule has 0 atom stereocenters. The van der Waals surface area contributed by atoms with Crippen molar-refractivity contribution in [2.45, 2.75) is 31.3 Å². The van der Waals surface area contributed by atoms with Crippen LogP contribution >= 0.6 is 15.9 Å². The summed E-state index contributed by atoms with van der Waals surface area (Å²) in [6, 6.07) is 7.51. The molecule has 1 fully saturated rings. The van der Waals surface area contributed by atoms with Crippen LogP contribution in [0.5, 0.6) is 5.75 Å². The summed E-state index contributed by atoms with van der Waals surface area (Å²) in [7, 11) is 0. The number of aliphatic carboxylic acids is 1. The van der Waals surface area contributed by atoms with Crippen LogP contribution in [-0.2, 0) is 4.79 Å². The fourth-order valence-corrected chi connectivity index (χ4v) is 2.32. The first-order chi connectivity index (χ1) is 7.60. The van der Waals surface area contributed by atoms with Crippen molar-refractivity contribution >= 4 is 21.9 Å². The summed E-state index contributed by atoms with van der Waals surface area (Å²) in [4.78, 5) is 10.8. The van der Waals surface area contributed by atoms with Gasteiger partial charge in [0.05, 0.1) is 6.42 Å². The Morgan fingerprint density at radius 2 is 2.25 bits per heavy atom. The molecule has 1 aromatic carbocycles. The van der Waals surface area contributed by atoms with Crippen molar-refractivity contribution in [2.75, 3.05) is 0 Å². The molecule has 1 N–H and O–H groups in total. The molecule has 0 unspecified atom stereocenters. The number of carboxylic acids is 1. The lowest BCUT2D eigenvalue weighted by atomic mass is 9.77. The molecule has 0 aromatic heterocycles. The predicted octanol–water partition coefficient (Wildman–Crippen LogP) is 3.23. The first-order valence-corrected chi connectivity index (χ1v) is 6.05. The van der Waals surface area contributed by atoms with Crippen LogP contribution in [0.2, 0.25) is 0 Å². The third kappa shape index (κ3) is 2.55. The zero-order valence-corrected chi connectivity index (χ0v) is 10.4. The van der Waals surface area contributed by atoms with E-state index in [9.17, 15) is 4.79 Å². The van der Waals surface area contributed by atoms with Gasteiger partial charge >= 0.3 is 5.97 Å². The van der Waals surface area contributed by atoms with E-state index in [1.165, 1.54) is 0 Å². The molecule has 0 aliphatic heterocycles. The summed E-state index contributed by atoms with van der Waals surface area (Å²) in [5, 5.41) is 8.86. The van der Waals surface area contributed by atoms with Crippen molar-refractivity contribution in [3.05, 3.63) is 28.7 Å². The highest BCUT2D eigenvalue weighted by molar-refractivity contribution is 9.10. The highest BCUT2D eigenvalue weighted by Gasteiger charge is 2.41. The summed E-state index contributed by atoms with van der Waals surface area (Å²) in [5.74, 6) is -0.0648. The van der Waals surface area contributed by atoms with Gasteiger partial charge in [-0.3, -0.25) is 4.79 Å². The van der Waals surface area contributed by atoms with Crippen molar-refractivity contribution in [1.82, 2.24) is 0 Å². The molecule has 0 radical (unpaired) electrons. The molecule has 1 aliphatic rings. The molecule has 2 rings (SSSR count). The number of carbonyl (C=O) groups is 1. The van der Waals surface area contributed by atoms with Crippen LogP contribution in [0.25, 0.3) is 0 Å². The average molecular weight is 285 g/mol. The van der Waals surface area contributed by atoms with Gasteiger partial charge in [-0.15, -0.1) is 0 Å². The van der Waals surface area contributed by atoms with Crippen molar-refractivity contribution in [1.29, 1.82) is 0 Å². The molecule has 0 amide bonds. The Labute approximate surface area is 103 Å². The monoisotopic (exact) mass is 284 g/mol. The summed E-state index contributed by atoms with van der Waals surface area (Å²) in [6.45, 7) is 0. The van der Waals surface area contributed by atoms with Crippen LogP contribution in [0.15, 0.2) is 28.7 Å². The Balaban J connectivity index is 2.09. The van der Waals surface area contributed by atoms with Gasteiger partial charge in [-0.25, -0.2) is 0 Å². The first kappa shape index (κ1) is 11.5. The van der Waals surface area contributed by atoms with Gasteiger partial charge in [0.2, 0.25) is 0 Å². The molecule has 3 nitrogen and oxygen atoms in total. The molecule has 1 aliphatic carbocycles. The zero-order chi connectivity index (χ0) is 11.6. The molecule has 0 spiro atoms. The minimum atomic E-state index is -0.797. The Bertz CT molecular complexity index is 399. The normalized spacial score (nSPS) is 17.6. The van der Waals surface area contributed by atoms with E-state index in [2.05, 4.69) is 15.9 Å². The molecule has 0 bridgehead atoms. The molecule has 0 saturated heterocycles. The maximum Gasteiger partial charge on any atom is 0.307 e. The summed E-state index contributed by atoms with van der Waals surface area (Å²) >= 11 is 3.36. The van der Waals surface area contributed by atoms with Gasteiger partial charge < -0.3 is 9.84 Å². The summed E-state index contributed by atoms with van der Waals surface area (Å²) < 4.78 is 6.76. The topological polar surface area (TPSA) is 46.5 Å². The smallest absolute Gasteiger partial charge is 0.307 e. The third-order valence-electron chi connectivity index (χ3n) is 2.87. The van der Waals surface area contributed by atoms with Gasteiger partial charge in [-0.05, 0) is 37.5 Å².